The molecule has 18 heavy (non-hydrogen) atoms. The van der Waals surface area contributed by atoms with E-state index in [1.807, 2.05) is 32.2 Å². The molecule has 2 aromatic rings. The molecule has 0 spiro atoms. The summed E-state index contributed by atoms with van der Waals surface area (Å²) in [5, 5.41) is 0. The Morgan fingerprint density at radius 1 is 1.44 bits per heavy atom. The van der Waals surface area contributed by atoms with Crippen LogP contribution in [0.4, 0.5) is 0 Å². The van der Waals surface area contributed by atoms with Gasteiger partial charge in [-0.25, -0.2) is 4.79 Å². The van der Waals surface area contributed by atoms with Crippen molar-refractivity contribution in [2.45, 2.75) is 20.8 Å². The third-order valence-electron chi connectivity index (χ3n) is 2.84. The first-order valence-electron chi connectivity index (χ1n) is 5.91. The molecule has 4 nitrogen and oxygen atoms in total. The molecule has 2 aromatic heterocycles. The molecule has 0 amide bonds. The van der Waals surface area contributed by atoms with E-state index in [1.165, 1.54) is 0 Å². The van der Waals surface area contributed by atoms with E-state index >= 15 is 0 Å². The van der Waals surface area contributed by atoms with Crippen LogP contribution < -0.4 is 0 Å². The molecule has 0 aliphatic heterocycles. The first kappa shape index (κ1) is 12.4. The van der Waals surface area contributed by atoms with Gasteiger partial charge in [0.2, 0.25) is 0 Å². The lowest BCUT2D eigenvalue weighted by atomic mass is 10.2. The Morgan fingerprint density at radius 3 is 2.89 bits per heavy atom. The molecular weight excluding hydrogens is 228 g/mol. The van der Waals surface area contributed by atoms with Crippen molar-refractivity contribution in [3.63, 3.8) is 0 Å². The summed E-state index contributed by atoms with van der Waals surface area (Å²) in [5.41, 5.74) is 3.47. The maximum absolute atomic E-state index is 11.8. The highest BCUT2D eigenvalue weighted by Crippen LogP contribution is 2.15. The van der Waals surface area contributed by atoms with E-state index in [0.29, 0.717) is 12.3 Å². The molecule has 0 aliphatic carbocycles. The van der Waals surface area contributed by atoms with Gasteiger partial charge in [-0.3, -0.25) is 4.98 Å². The van der Waals surface area contributed by atoms with Crippen molar-refractivity contribution in [2.24, 2.45) is 0 Å². The zero-order chi connectivity index (χ0) is 13.1. The average Bonchev–Trinajstić information content (AvgIpc) is 2.82. The summed E-state index contributed by atoms with van der Waals surface area (Å²) in [5.74, 6) is -0.319. The number of ether oxygens (including phenoxy) is 1. The van der Waals surface area contributed by atoms with Gasteiger partial charge in [0, 0.05) is 11.9 Å². The Kier molecular flexibility index (Phi) is 3.46. The summed E-state index contributed by atoms with van der Waals surface area (Å²) in [6.07, 6.45) is 3.59. The quantitative estimate of drug-likeness (QED) is 0.780. The molecular formula is C14H16N2O2. The lowest BCUT2D eigenvalue weighted by Crippen LogP contribution is -2.10. The van der Waals surface area contributed by atoms with Gasteiger partial charge in [0.05, 0.1) is 18.5 Å². The van der Waals surface area contributed by atoms with Crippen molar-refractivity contribution in [1.82, 2.24) is 9.55 Å². The predicted molar refractivity (Wildman–Crippen MR) is 69.0 cm³/mol. The minimum absolute atomic E-state index is 0.319. The van der Waals surface area contributed by atoms with Crippen molar-refractivity contribution < 1.29 is 9.53 Å². The van der Waals surface area contributed by atoms with E-state index in [1.54, 1.807) is 23.8 Å². The van der Waals surface area contributed by atoms with Crippen LogP contribution in [0.5, 0.6) is 0 Å². The van der Waals surface area contributed by atoms with Gasteiger partial charge in [0.25, 0.3) is 0 Å². The normalized spacial score (nSPS) is 10.4. The lowest BCUT2D eigenvalue weighted by Gasteiger charge is -2.09. The van der Waals surface area contributed by atoms with E-state index in [0.717, 1.165) is 16.9 Å². The summed E-state index contributed by atoms with van der Waals surface area (Å²) in [4.78, 5) is 16.1. The monoisotopic (exact) mass is 244 g/mol. The SMILES string of the molecule is CCOC(=O)c1cccn1-c1cnc(C)c(C)c1. The zero-order valence-electron chi connectivity index (χ0n) is 10.8. The van der Waals surface area contributed by atoms with E-state index in [9.17, 15) is 4.79 Å². The summed E-state index contributed by atoms with van der Waals surface area (Å²) < 4.78 is 6.81. The lowest BCUT2D eigenvalue weighted by molar-refractivity contribution is 0.0517. The highest BCUT2D eigenvalue weighted by atomic mass is 16.5. The molecule has 0 atom stereocenters. The summed E-state index contributed by atoms with van der Waals surface area (Å²) in [6.45, 7) is 6.12. The van der Waals surface area contributed by atoms with Crippen molar-refractivity contribution in [3.8, 4) is 5.69 Å². The van der Waals surface area contributed by atoms with E-state index in [4.69, 9.17) is 4.74 Å². The van der Waals surface area contributed by atoms with Gasteiger partial charge in [-0.1, -0.05) is 0 Å². The minimum atomic E-state index is -0.319. The third kappa shape index (κ3) is 2.27. The fraction of sp³-hybridized carbons (Fsp3) is 0.286. The van der Waals surface area contributed by atoms with Crippen LogP contribution in [0.25, 0.3) is 5.69 Å². The van der Waals surface area contributed by atoms with Gasteiger partial charge < -0.3 is 9.30 Å². The van der Waals surface area contributed by atoms with Crippen LogP contribution >= 0.6 is 0 Å². The summed E-state index contributed by atoms with van der Waals surface area (Å²) in [7, 11) is 0. The van der Waals surface area contributed by atoms with Crippen LogP contribution in [0.2, 0.25) is 0 Å². The Balaban J connectivity index is 2.42. The van der Waals surface area contributed by atoms with Crippen molar-refractivity contribution >= 4 is 5.97 Å². The van der Waals surface area contributed by atoms with Gasteiger partial charge in [0.1, 0.15) is 5.69 Å². The van der Waals surface area contributed by atoms with Crippen molar-refractivity contribution in [2.75, 3.05) is 6.61 Å². The molecule has 0 N–H and O–H groups in total. The number of esters is 1. The highest BCUT2D eigenvalue weighted by molar-refractivity contribution is 5.88. The number of nitrogens with zero attached hydrogens (tertiary/aromatic N) is 2. The number of hydrogen-bond donors (Lipinski definition) is 0. The molecule has 2 heterocycles. The van der Waals surface area contributed by atoms with Crippen molar-refractivity contribution in [1.29, 1.82) is 0 Å². The van der Waals surface area contributed by atoms with Gasteiger partial charge in [-0.2, -0.15) is 0 Å². The van der Waals surface area contributed by atoms with Crippen molar-refractivity contribution in [3.05, 3.63) is 47.5 Å². The number of carbonyl (C=O) groups is 1. The molecule has 0 radical (unpaired) electrons. The summed E-state index contributed by atoms with van der Waals surface area (Å²) in [6, 6.07) is 5.57. The molecule has 0 unspecified atom stereocenters. The topological polar surface area (TPSA) is 44.1 Å². The number of rotatable bonds is 3. The van der Waals surface area contributed by atoms with E-state index in [2.05, 4.69) is 4.98 Å². The molecule has 94 valence electrons. The summed E-state index contributed by atoms with van der Waals surface area (Å²) >= 11 is 0. The second-order valence-electron chi connectivity index (χ2n) is 4.08. The molecule has 4 heteroatoms. The Labute approximate surface area is 106 Å². The molecule has 2 rings (SSSR count). The fourth-order valence-electron chi connectivity index (χ4n) is 1.74. The molecule has 0 saturated heterocycles. The van der Waals surface area contributed by atoms with E-state index < -0.39 is 0 Å². The van der Waals surface area contributed by atoms with E-state index in [-0.39, 0.29) is 5.97 Å². The van der Waals surface area contributed by atoms with Crippen LogP contribution in [-0.2, 0) is 4.74 Å². The molecule has 0 fully saturated rings. The third-order valence-corrected chi connectivity index (χ3v) is 2.84. The number of aryl methyl sites for hydroxylation is 2. The number of carbonyl (C=O) groups excluding carboxylic acids is 1. The minimum Gasteiger partial charge on any atom is -0.461 e. The average molecular weight is 244 g/mol. The smallest absolute Gasteiger partial charge is 0.355 e. The van der Waals surface area contributed by atoms with Crippen LogP contribution in [0.15, 0.2) is 30.6 Å². The number of pyridine rings is 1. The first-order chi connectivity index (χ1) is 8.63. The standard InChI is InChI=1S/C14H16N2O2/c1-4-18-14(17)13-6-5-7-16(13)12-8-10(2)11(3)15-9-12/h5-9H,4H2,1-3H3. The van der Waals surface area contributed by atoms with Crippen LogP contribution in [0, 0.1) is 13.8 Å². The second-order valence-corrected chi connectivity index (χ2v) is 4.08. The maximum atomic E-state index is 11.8. The van der Waals surface area contributed by atoms with Crippen LogP contribution in [0.1, 0.15) is 28.7 Å². The molecule has 0 saturated carbocycles. The Hall–Kier alpha value is -2.10. The predicted octanol–water partition coefficient (Wildman–Crippen LogP) is 2.67. The van der Waals surface area contributed by atoms with Gasteiger partial charge in [0.15, 0.2) is 0 Å². The van der Waals surface area contributed by atoms with Gasteiger partial charge in [-0.05, 0) is 44.5 Å². The Bertz CT molecular complexity index is 573. The molecule has 0 aromatic carbocycles. The second kappa shape index (κ2) is 5.04. The van der Waals surface area contributed by atoms with Gasteiger partial charge >= 0.3 is 5.97 Å². The van der Waals surface area contributed by atoms with Crippen LogP contribution in [0.3, 0.4) is 0 Å². The van der Waals surface area contributed by atoms with Crippen LogP contribution in [-0.4, -0.2) is 22.1 Å². The first-order valence-corrected chi connectivity index (χ1v) is 5.91. The Morgan fingerprint density at radius 2 is 2.22 bits per heavy atom. The molecule has 0 aliphatic rings. The number of aromatic nitrogens is 2. The number of hydrogen-bond acceptors (Lipinski definition) is 3. The largest absolute Gasteiger partial charge is 0.461 e. The maximum Gasteiger partial charge on any atom is 0.355 e. The van der Waals surface area contributed by atoms with Gasteiger partial charge in [-0.15, -0.1) is 0 Å². The molecule has 0 bridgehead atoms. The highest BCUT2D eigenvalue weighted by Gasteiger charge is 2.13. The fourth-order valence-corrected chi connectivity index (χ4v) is 1.74. The zero-order valence-corrected chi connectivity index (χ0v) is 10.8.